The van der Waals surface area contributed by atoms with E-state index in [1.807, 2.05) is 12.1 Å². The van der Waals surface area contributed by atoms with Gasteiger partial charge in [-0.25, -0.2) is 0 Å². The van der Waals surface area contributed by atoms with Crippen molar-refractivity contribution in [2.75, 3.05) is 0 Å². The van der Waals surface area contributed by atoms with Crippen molar-refractivity contribution in [1.82, 2.24) is 0 Å². The van der Waals surface area contributed by atoms with Gasteiger partial charge < -0.3 is 4.74 Å². The first-order valence-electron chi connectivity index (χ1n) is 12.8. The zero-order valence-corrected chi connectivity index (χ0v) is 19.7. The van der Waals surface area contributed by atoms with Crippen molar-refractivity contribution in [1.29, 1.82) is 0 Å². The number of rotatable bonds is 13. The monoisotopic (exact) mass is 442 g/mol. The van der Waals surface area contributed by atoms with Crippen LogP contribution in [0.1, 0.15) is 89.5 Å². The van der Waals surface area contributed by atoms with Crippen molar-refractivity contribution < 1.29 is 13.5 Å². The summed E-state index contributed by atoms with van der Waals surface area (Å²) in [4.78, 5) is 0. The molecule has 0 bridgehead atoms. The smallest absolute Gasteiger partial charge is 0.387 e. The molecule has 0 radical (unpaired) electrons. The minimum absolute atomic E-state index is 0.196. The normalized spacial score (nSPS) is 18.8. The van der Waals surface area contributed by atoms with Crippen LogP contribution in [0.4, 0.5) is 8.78 Å². The van der Waals surface area contributed by atoms with Crippen LogP contribution < -0.4 is 4.74 Å². The first-order valence-corrected chi connectivity index (χ1v) is 12.8. The lowest BCUT2D eigenvalue weighted by molar-refractivity contribution is -0.0498. The number of aryl methyl sites for hydroxylation is 1. The number of hydrogen-bond donors (Lipinski definition) is 0. The molecule has 0 unspecified atom stereocenters. The van der Waals surface area contributed by atoms with E-state index in [0.29, 0.717) is 0 Å². The third-order valence-corrected chi connectivity index (χ3v) is 7.14. The summed E-state index contributed by atoms with van der Waals surface area (Å²) in [6, 6.07) is 15.5. The third kappa shape index (κ3) is 8.56. The second-order valence-corrected chi connectivity index (χ2v) is 9.58. The van der Waals surface area contributed by atoms with E-state index in [-0.39, 0.29) is 5.75 Å². The van der Waals surface area contributed by atoms with E-state index in [2.05, 4.69) is 35.9 Å². The van der Waals surface area contributed by atoms with Crippen LogP contribution in [0.5, 0.6) is 5.75 Å². The van der Waals surface area contributed by atoms with E-state index in [1.54, 1.807) is 12.1 Å². The van der Waals surface area contributed by atoms with Crippen molar-refractivity contribution in [3.63, 3.8) is 0 Å². The average molecular weight is 443 g/mol. The zero-order chi connectivity index (χ0) is 22.6. The largest absolute Gasteiger partial charge is 0.435 e. The van der Waals surface area contributed by atoms with Gasteiger partial charge in [0.25, 0.3) is 0 Å². The predicted octanol–water partition coefficient (Wildman–Crippen LogP) is 9.44. The van der Waals surface area contributed by atoms with E-state index in [0.717, 1.165) is 29.4 Å². The van der Waals surface area contributed by atoms with Crippen LogP contribution in [-0.2, 0) is 6.42 Å². The summed E-state index contributed by atoms with van der Waals surface area (Å²) >= 11 is 0. The van der Waals surface area contributed by atoms with Gasteiger partial charge in [0, 0.05) is 0 Å². The molecule has 3 rings (SSSR count). The van der Waals surface area contributed by atoms with Gasteiger partial charge in [0.05, 0.1) is 0 Å². The Morgan fingerprint density at radius 2 is 1.25 bits per heavy atom. The molecule has 2 aromatic carbocycles. The van der Waals surface area contributed by atoms with E-state index >= 15 is 0 Å². The summed E-state index contributed by atoms with van der Waals surface area (Å²) in [5.74, 6) is 2.06. The quantitative estimate of drug-likeness (QED) is 0.281. The number of benzene rings is 2. The Balaban J connectivity index is 1.34. The number of halogens is 2. The van der Waals surface area contributed by atoms with Gasteiger partial charge in [-0.15, -0.1) is 0 Å². The maximum Gasteiger partial charge on any atom is 0.387 e. The molecule has 1 fully saturated rings. The third-order valence-electron chi connectivity index (χ3n) is 7.14. The molecular weight excluding hydrogens is 402 g/mol. The standard InChI is InChI=1S/C29H40F2O/c1-2-3-4-5-6-7-8-23-9-11-24(12-10-23)13-14-25-15-17-26(18-16-25)27-19-21-28(22-20-27)32-29(30)31/h15-24,29H,2-14H2,1H3/t23-,24-. The molecule has 1 aliphatic rings. The Labute approximate surface area is 193 Å². The van der Waals surface area contributed by atoms with E-state index in [9.17, 15) is 8.78 Å². The number of hydrogen-bond acceptors (Lipinski definition) is 1. The first kappa shape index (κ1) is 24.7. The Morgan fingerprint density at radius 1 is 0.719 bits per heavy atom. The molecule has 0 atom stereocenters. The Hall–Kier alpha value is -1.90. The molecule has 0 aliphatic heterocycles. The van der Waals surface area contributed by atoms with E-state index < -0.39 is 6.61 Å². The van der Waals surface area contributed by atoms with Crippen LogP contribution in [0.3, 0.4) is 0 Å². The predicted molar refractivity (Wildman–Crippen MR) is 130 cm³/mol. The minimum Gasteiger partial charge on any atom is -0.435 e. The van der Waals surface area contributed by atoms with Crippen LogP contribution in [0.15, 0.2) is 48.5 Å². The van der Waals surface area contributed by atoms with Gasteiger partial charge in [-0.1, -0.05) is 114 Å². The van der Waals surface area contributed by atoms with Gasteiger partial charge >= 0.3 is 6.61 Å². The lowest BCUT2D eigenvalue weighted by atomic mass is 9.77. The summed E-state index contributed by atoms with van der Waals surface area (Å²) in [7, 11) is 0. The van der Waals surface area contributed by atoms with Crippen LogP contribution in [-0.4, -0.2) is 6.61 Å². The van der Waals surface area contributed by atoms with E-state index in [1.165, 1.54) is 82.6 Å². The number of unbranched alkanes of at least 4 members (excludes halogenated alkanes) is 5. The summed E-state index contributed by atoms with van der Waals surface area (Å²) in [5.41, 5.74) is 3.51. The van der Waals surface area contributed by atoms with Crippen molar-refractivity contribution in [2.45, 2.75) is 97.0 Å². The van der Waals surface area contributed by atoms with Crippen LogP contribution in [0.25, 0.3) is 11.1 Å². The highest BCUT2D eigenvalue weighted by Gasteiger charge is 2.20. The molecule has 176 valence electrons. The van der Waals surface area contributed by atoms with Crippen LogP contribution >= 0.6 is 0 Å². The lowest BCUT2D eigenvalue weighted by Gasteiger charge is -2.28. The fourth-order valence-electron chi connectivity index (χ4n) is 5.09. The molecule has 0 amide bonds. The maximum atomic E-state index is 12.3. The molecular formula is C29H40F2O. The van der Waals surface area contributed by atoms with Gasteiger partial charge in [-0.3, -0.25) is 0 Å². The maximum absolute atomic E-state index is 12.3. The molecule has 1 saturated carbocycles. The minimum atomic E-state index is -2.78. The van der Waals surface area contributed by atoms with Crippen molar-refractivity contribution in [3.8, 4) is 16.9 Å². The molecule has 2 aromatic rings. The van der Waals surface area contributed by atoms with Crippen molar-refractivity contribution >= 4 is 0 Å². The molecule has 3 heteroatoms. The summed E-state index contributed by atoms with van der Waals surface area (Å²) in [6.07, 6.45) is 18.0. The van der Waals surface area contributed by atoms with Gasteiger partial charge in [0.1, 0.15) is 5.75 Å². The number of ether oxygens (including phenoxy) is 1. The highest BCUT2D eigenvalue weighted by molar-refractivity contribution is 5.64. The Morgan fingerprint density at radius 3 is 1.84 bits per heavy atom. The molecule has 0 heterocycles. The second kappa shape index (κ2) is 13.6. The SMILES string of the molecule is CCCCCCCC[C@H]1CC[C@H](CCc2ccc(-c3ccc(OC(F)F)cc3)cc2)CC1. The Kier molecular flexibility index (Phi) is 10.5. The van der Waals surface area contributed by atoms with Crippen LogP contribution in [0.2, 0.25) is 0 Å². The second-order valence-electron chi connectivity index (χ2n) is 9.58. The highest BCUT2D eigenvalue weighted by atomic mass is 19.3. The van der Waals surface area contributed by atoms with Crippen molar-refractivity contribution in [2.24, 2.45) is 11.8 Å². The van der Waals surface area contributed by atoms with Crippen LogP contribution in [0, 0.1) is 11.8 Å². The van der Waals surface area contributed by atoms with Gasteiger partial charge in [0.15, 0.2) is 0 Å². The van der Waals surface area contributed by atoms with Crippen molar-refractivity contribution in [3.05, 3.63) is 54.1 Å². The molecule has 0 saturated heterocycles. The molecule has 32 heavy (non-hydrogen) atoms. The van der Waals surface area contributed by atoms with Gasteiger partial charge in [-0.2, -0.15) is 8.78 Å². The fraction of sp³-hybridized carbons (Fsp3) is 0.586. The highest BCUT2D eigenvalue weighted by Crippen LogP contribution is 2.34. The zero-order valence-electron chi connectivity index (χ0n) is 19.7. The van der Waals surface area contributed by atoms with Gasteiger partial charge in [-0.05, 0) is 53.5 Å². The molecule has 0 N–H and O–H groups in total. The summed E-state index contributed by atoms with van der Waals surface area (Å²) < 4.78 is 29.0. The first-order chi connectivity index (χ1) is 15.6. The summed E-state index contributed by atoms with van der Waals surface area (Å²) in [5, 5.41) is 0. The Bertz CT molecular complexity index is 746. The number of alkyl halides is 2. The molecule has 1 aliphatic carbocycles. The summed E-state index contributed by atoms with van der Waals surface area (Å²) in [6.45, 7) is -0.498. The molecule has 0 aromatic heterocycles. The average Bonchev–Trinajstić information content (AvgIpc) is 2.81. The lowest BCUT2D eigenvalue weighted by Crippen LogP contribution is -2.15. The fourth-order valence-corrected chi connectivity index (χ4v) is 5.09. The van der Waals surface area contributed by atoms with Gasteiger partial charge in [0.2, 0.25) is 0 Å². The topological polar surface area (TPSA) is 9.23 Å². The molecule has 1 nitrogen and oxygen atoms in total. The molecule has 0 spiro atoms. The van der Waals surface area contributed by atoms with E-state index in [4.69, 9.17) is 0 Å².